The number of fused-ring (bicyclic) bond motifs is 1. The van der Waals surface area contributed by atoms with Crippen LogP contribution in [0, 0.1) is 0 Å². The molecule has 1 aliphatic carbocycles. The second kappa shape index (κ2) is 3.67. The lowest BCUT2D eigenvalue weighted by atomic mass is 9.81. The molecule has 16 heavy (non-hydrogen) atoms. The zero-order valence-corrected chi connectivity index (χ0v) is 9.11. The Hall–Kier alpha value is -1.77. The van der Waals surface area contributed by atoms with Crippen LogP contribution in [-0.2, 0) is 6.42 Å². The van der Waals surface area contributed by atoms with Gasteiger partial charge in [-0.3, -0.25) is 0 Å². The minimum absolute atomic E-state index is 0.440. The number of nitrogens with one attached hydrogen (secondary N) is 1. The fourth-order valence-corrected chi connectivity index (χ4v) is 2.61. The summed E-state index contributed by atoms with van der Waals surface area (Å²) in [5.41, 5.74) is 9.67. The van der Waals surface area contributed by atoms with Gasteiger partial charge >= 0.3 is 0 Å². The number of nitrogen functional groups attached to an aromatic ring is 1. The number of nitrogens with zero attached hydrogens (tertiary/aromatic N) is 1. The molecular formula is C13H15N3. The SMILES string of the molecule is Nc1ncc(C2CCCc3ccccc32)[nH]1. The van der Waals surface area contributed by atoms with Crippen LogP contribution < -0.4 is 5.73 Å². The molecule has 0 saturated heterocycles. The normalized spacial score (nSPS) is 19.4. The Morgan fingerprint density at radius 3 is 3.00 bits per heavy atom. The monoisotopic (exact) mass is 213 g/mol. The highest BCUT2D eigenvalue weighted by Crippen LogP contribution is 2.35. The maximum absolute atomic E-state index is 5.64. The average molecular weight is 213 g/mol. The van der Waals surface area contributed by atoms with Gasteiger partial charge < -0.3 is 10.7 Å². The second-order valence-electron chi connectivity index (χ2n) is 4.37. The van der Waals surface area contributed by atoms with Gasteiger partial charge in [0.05, 0.1) is 6.20 Å². The van der Waals surface area contributed by atoms with E-state index in [2.05, 4.69) is 34.2 Å². The Kier molecular flexibility index (Phi) is 2.17. The number of anilines is 1. The van der Waals surface area contributed by atoms with Gasteiger partial charge in [-0.15, -0.1) is 0 Å². The minimum atomic E-state index is 0.440. The van der Waals surface area contributed by atoms with Crippen molar-refractivity contribution in [3.63, 3.8) is 0 Å². The highest BCUT2D eigenvalue weighted by Gasteiger charge is 2.22. The van der Waals surface area contributed by atoms with Crippen molar-refractivity contribution in [2.75, 3.05) is 5.73 Å². The zero-order chi connectivity index (χ0) is 11.0. The first-order valence-corrected chi connectivity index (χ1v) is 5.73. The molecule has 0 fully saturated rings. The molecule has 82 valence electrons. The van der Waals surface area contributed by atoms with Crippen molar-refractivity contribution < 1.29 is 0 Å². The molecule has 1 atom stereocenters. The third-order valence-corrected chi connectivity index (χ3v) is 3.36. The first kappa shape index (κ1) is 9.46. The number of H-pyrrole nitrogens is 1. The molecule has 3 rings (SSSR count). The Bertz CT molecular complexity index is 501. The molecule has 0 aliphatic heterocycles. The van der Waals surface area contributed by atoms with Crippen molar-refractivity contribution >= 4 is 5.95 Å². The lowest BCUT2D eigenvalue weighted by Gasteiger charge is -2.24. The van der Waals surface area contributed by atoms with E-state index in [0.717, 1.165) is 5.69 Å². The number of nitrogens with two attached hydrogens (primary N) is 1. The van der Waals surface area contributed by atoms with E-state index in [9.17, 15) is 0 Å². The molecule has 1 aromatic heterocycles. The Morgan fingerprint density at radius 1 is 1.31 bits per heavy atom. The van der Waals surface area contributed by atoms with Gasteiger partial charge in [-0.2, -0.15) is 0 Å². The summed E-state index contributed by atoms with van der Waals surface area (Å²) in [5, 5.41) is 0. The van der Waals surface area contributed by atoms with Crippen molar-refractivity contribution in [1.29, 1.82) is 0 Å². The summed E-state index contributed by atoms with van der Waals surface area (Å²) in [7, 11) is 0. The van der Waals surface area contributed by atoms with Gasteiger partial charge in [0.1, 0.15) is 0 Å². The number of aromatic amines is 1. The van der Waals surface area contributed by atoms with Gasteiger partial charge in [0, 0.05) is 11.6 Å². The lowest BCUT2D eigenvalue weighted by Crippen LogP contribution is -2.11. The summed E-state index contributed by atoms with van der Waals surface area (Å²) in [6.45, 7) is 0. The average Bonchev–Trinajstić information content (AvgIpc) is 2.75. The summed E-state index contributed by atoms with van der Waals surface area (Å²) in [5.74, 6) is 0.952. The number of imidazole rings is 1. The van der Waals surface area contributed by atoms with Gasteiger partial charge in [0.25, 0.3) is 0 Å². The van der Waals surface area contributed by atoms with Crippen molar-refractivity contribution in [3.8, 4) is 0 Å². The van der Waals surface area contributed by atoms with Crippen LogP contribution in [0.3, 0.4) is 0 Å². The molecule has 1 aliphatic rings. The van der Waals surface area contributed by atoms with Gasteiger partial charge in [-0.25, -0.2) is 4.98 Å². The molecule has 2 aromatic rings. The quantitative estimate of drug-likeness (QED) is 0.764. The van der Waals surface area contributed by atoms with Gasteiger partial charge in [-0.05, 0) is 30.4 Å². The van der Waals surface area contributed by atoms with E-state index in [4.69, 9.17) is 5.73 Å². The standard InChI is InChI=1S/C13H15N3/c14-13-15-8-12(16-13)11-7-3-5-9-4-1-2-6-10(9)11/h1-2,4,6,8,11H,3,5,7H2,(H3,14,15,16). The van der Waals surface area contributed by atoms with E-state index >= 15 is 0 Å². The molecule has 3 heteroatoms. The molecule has 0 saturated carbocycles. The minimum Gasteiger partial charge on any atom is -0.369 e. The van der Waals surface area contributed by atoms with Gasteiger partial charge in [0.2, 0.25) is 0 Å². The van der Waals surface area contributed by atoms with Gasteiger partial charge in [-0.1, -0.05) is 24.3 Å². The van der Waals surface area contributed by atoms with Crippen LogP contribution in [0.1, 0.15) is 35.6 Å². The van der Waals surface area contributed by atoms with E-state index in [0.29, 0.717) is 11.9 Å². The molecule has 0 amide bonds. The third-order valence-electron chi connectivity index (χ3n) is 3.36. The van der Waals surface area contributed by atoms with Crippen molar-refractivity contribution in [3.05, 3.63) is 47.3 Å². The van der Waals surface area contributed by atoms with E-state index in [1.165, 1.54) is 30.4 Å². The number of hydrogen-bond acceptors (Lipinski definition) is 2. The van der Waals surface area contributed by atoms with Crippen molar-refractivity contribution in [2.24, 2.45) is 0 Å². The highest BCUT2D eigenvalue weighted by molar-refractivity contribution is 5.38. The van der Waals surface area contributed by atoms with Crippen LogP contribution in [0.5, 0.6) is 0 Å². The lowest BCUT2D eigenvalue weighted by molar-refractivity contribution is 0.607. The molecule has 3 nitrogen and oxygen atoms in total. The molecule has 1 unspecified atom stereocenters. The van der Waals surface area contributed by atoms with Crippen LogP contribution in [0.4, 0.5) is 5.95 Å². The number of hydrogen-bond donors (Lipinski definition) is 2. The third kappa shape index (κ3) is 1.48. The predicted octanol–water partition coefficient (Wildman–Crippen LogP) is 2.46. The van der Waals surface area contributed by atoms with Crippen LogP contribution in [0.25, 0.3) is 0 Å². The molecule has 3 N–H and O–H groups in total. The van der Waals surface area contributed by atoms with E-state index in [1.807, 2.05) is 6.20 Å². The number of aryl methyl sites for hydroxylation is 1. The first-order valence-electron chi connectivity index (χ1n) is 5.73. The topological polar surface area (TPSA) is 54.7 Å². The van der Waals surface area contributed by atoms with Crippen molar-refractivity contribution in [2.45, 2.75) is 25.2 Å². The van der Waals surface area contributed by atoms with E-state index in [-0.39, 0.29) is 0 Å². The highest BCUT2D eigenvalue weighted by atomic mass is 15.0. The van der Waals surface area contributed by atoms with E-state index in [1.54, 1.807) is 0 Å². The molecule has 0 bridgehead atoms. The van der Waals surface area contributed by atoms with Crippen LogP contribution >= 0.6 is 0 Å². The Morgan fingerprint density at radius 2 is 2.19 bits per heavy atom. The number of aromatic nitrogens is 2. The number of rotatable bonds is 1. The summed E-state index contributed by atoms with van der Waals surface area (Å²) in [4.78, 5) is 7.24. The maximum atomic E-state index is 5.64. The molecule has 1 aromatic carbocycles. The fraction of sp³-hybridized carbons (Fsp3) is 0.308. The predicted molar refractivity (Wildman–Crippen MR) is 64.2 cm³/mol. The molecule has 1 heterocycles. The van der Waals surface area contributed by atoms with E-state index < -0.39 is 0 Å². The summed E-state index contributed by atoms with van der Waals surface area (Å²) >= 11 is 0. The Balaban J connectivity index is 2.04. The molecule has 0 radical (unpaired) electrons. The smallest absolute Gasteiger partial charge is 0.197 e. The van der Waals surface area contributed by atoms with Crippen LogP contribution in [0.2, 0.25) is 0 Å². The number of benzene rings is 1. The summed E-state index contributed by atoms with van der Waals surface area (Å²) in [6, 6.07) is 8.66. The van der Waals surface area contributed by atoms with Crippen molar-refractivity contribution in [1.82, 2.24) is 9.97 Å². The van der Waals surface area contributed by atoms with Gasteiger partial charge in [0.15, 0.2) is 5.95 Å². The summed E-state index contributed by atoms with van der Waals surface area (Å²) in [6.07, 6.45) is 5.47. The summed E-state index contributed by atoms with van der Waals surface area (Å²) < 4.78 is 0. The zero-order valence-electron chi connectivity index (χ0n) is 9.11. The molecule has 0 spiro atoms. The maximum Gasteiger partial charge on any atom is 0.197 e. The van der Waals surface area contributed by atoms with Crippen LogP contribution in [0.15, 0.2) is 30.5 Å². The fourth-order valence-electron chi connectivity index (χ4n) is 2.61. The Labute approximate surface area is 94.7 Å². The van der Waals surface area contributed by atoms with Crippen LogP contribution in [-0.4, -0.2) is 9.97 Å². The first-order chi connectivity index (χ1) is 7.84. The second-order valence-corrected chi connectivity index (χ2v) is 4.37. The largest absolute Gasteiger partial charge is 0.369 e. The molecular weight excluding hydrogens is 198 g/mol.